The Hall–Kier alpha value is -2.64. The molecule has 1 aromatic heterocycles. The lowest BCUT2D eigenvalue weighted by Crippen LogP contribution is -2.54. The van der Waals surface area contributed by atoms with Gasteiger partial charge in [-0.25, -0.2) is 4.99 Å². The molecule has 5 rings (SSSR count). The van der Waals surface area contributed by atoms with Gasteiger partial charge in [-0.2, -0.15) is 0 Å². The monoisotopic (exact) mass is 477 g/mol. The molecule has 2 aromatic rings. The topological polar surface area (TPSA) is 73.1 Å². The second kappa shape index (κ2) is 10.2. The van der Waals surface area contributed by atoms with Gasteiger partial charge in [0.25, 0.3) is 0 Å². The van der Waals surface area contributed by atoms with Crippen LogP contribution < -0.4 is 16.0 Å². The third kappa shape index (κ3) is 5.31. The van der Waals surface area contributed by atoms with Gasteiger partial charge in [-0.15, -0.1) is 0 Å². The molecule has 2 atom stereocenters. The second-order valence-corrected chi connectivity index (χ2v) is 11.0. The van der Waals surface area contributed by atoms with Gasteiger partial charge in [0.2, 0.25) is 5.91 Å². The normalized spacial score (nSPS) is 24.0. The Morgan fingerprint density at radius 1 is 1.20 bits per heavy atom. The lowest BCUT2D eigenvalue weighted by Gasteiger charge is -2.43. The zero-order valence-corrected chi connectivity index (χ0v) is 21.1. The maximum Gasteiger partial charge on any atom is 0.226 e. The third-order valence-electron chi connectivity index (χ3n) is 7.78. The van der Waals surface area contributed by atoms with Crippen molar-refractivity contribution in [3.05, 3.63) is 58.9 Å². The molecule has 3 aliphatic heterocycles. The van der Waals surface area contributed by atoms with E-state index in [2.05, 4.69) is 71.4 Å². The average molecular weight is 478 g/mol. The lowest BCUT2D eigenvalue weighted by atomic mass is 9.80. The highest BCUT2D eigenvalue weighted by molar-refractivity contribution is 5.80. The summed E-state index contributed by atoms with van der Waals surface area (Å²) in [7, 11) is 0. The van der Waals surface area contributed by atoms with E-state index in [0.29, 0.717) is 45.1 Å². The molecule has 3 aliphatic rings. The van der Waals surface area contributed by atoms with Crippen LogP contribution in [0.4, 0.5) is 0 Å². The van der Waals surface area contributed by atoms with Crippen LogP contribution in [0.15, 0.2) is 47.6 Å². The maximum absolute atomic E-state index is 13.5. The highest BCUT2D eigenvalue weighted by Gasteiger charge is 2.39. The lowest BCUT2D eigenvalue weighted by molar-refractivity contribution is -0.141. The summed E-state index contributed by atoms with van der Waals surface area (Å²) in [5, 5.41) is 16.0. The molecule has 2 N–H and O–H groups in total. The van der Waals surface area contributed by atoms with Crippen molar-refractivity contribution in [1.29, 1.82) is 0 Å². The smallest absolute Gasteiger partial charge is 0.226 e. The first-order valence-electron chi connectivity index (χ1n) is 13.1. The number of aromatic nitrogens is 1. The minimum atomic E-state index is -0.798. The summed E-state index contributed by atoms with van der Waals surface area (Å²) in [5.74, 6) is 1.03. The van der Waals surface area contributed by atoms with E-state index in [4.69, 9.17) is 4.99 Å². The van der Waals surface area contributed by atoms with Crippen molar-refractivity contribution in [2.45, 2.75) is 51.2 Å². The number of hydrogen-bond acceptors (Lipinski definition) is 5. The largest absolute Gasteiger partial charge is 0.388 e. The Balaban J connectivity index is 1.20. The summed E-state index contributed by atoms with van der Waals surface area (Å²) >= 11 is 0. The van der Waals surface area contributed by atoms with Crippen molar-refractivity contribution in [2.75, 3.05) is 39.4 Å². The third-order valence-corrected chi connectivity index (χ3v) is 7.78. The number of rotatable bonds is 6. The molecule has 0 spiro atoms. The fourth-order valence-corrected chi connectivity index (χ4v) is 5.91. The van der Waals surface area contributed by atoms with Gasteiger partial charge in [0, 0.05) is 62.2 Å². The molecule has 0 unspecified atom stereocenters. The highest BCUT2D eigenvalue weighted by Crippen LogP contribution is 2.33. The number of nitrogens with one attached hydrogen (secondary N) is 1. The molecule has 188 valence electrons. The fraction of sp³-hybridized carbons (Fsp3) is 0.571. The molecule has 7 nitrogen and oxygen atoms in total. The van der Waals surface area contributed by atoms with E-state index >= 15 is 0 Å². The Morgan fingerprint density at radius 2 is 1.97 bits per heavy atom. The molecule has 0 saturated carbocycles. The number of carbonyl (C=O) groups is 1. The van der Waals surface area contributed by atoms with Crippen LogP contribution in [0.1, 0.15) is 44.6 Å². The maximum atomic E-state index is 13.5. The van der Waals surface area contributed by atoms with Crippen molar-refractivity contribution >= 4 is 12.1 Å². The molecular weight excluding hydrogens is 438 g/mol. The van der Waals surface area contributed by atoms with E-state index in [1.54, 1.807) is 0 Å². The molecule has 35 heavy (non-hydrogen) atoms. The van der Waals surface area contributed by atoms with Crippen LogP contribution >= 0.6 is 0 Å². The summed E-state index contributed by atoms with van der Waals surface area (Å²) < 4.78 is 2.22. The summed E-state index contributed by atoms with van der Waals surface area (Å²) in [6.45, 7) is 9.45. The van der Waals surface area contributed by atoms with Crippen LogP contribution in [0.25, 0.3) is 6.20 Å². The zero-order chi connectivity index (χ0) is 24.4. The fourth-order valence-electron chi connectivity index (χ4n) is 5.91. The van der Waals surface area contributed by atoms with Crippen LogP contribution in [-0.4, -0.2) is 70.4 Å². The molecule has 7 heteroatoms. The number of fused-ring (bicyclic) bond motifs is 1. The van der Waals surface area contributed by atoms with Gasteiger partial charge < -0.3 is 24.8 Å². The number of carbonyl (C=O) groups excluding carboxylic acids is 1. The van der Waals surface area contributed by atoms with Gasteiger partial charge >= 0.3 is 0 Å². The minimum Gasteiger partial charge on any atom is -0.388 e. The standard InChI is InChI=1S/C28H39N5O2/c1-21(2)17-33-13-9-23-18-31(20-30-26(23)33)19-28(35)10-14-32(15-11-28)27(34)24-8-12-29-16-25(24)22-6-4-3-5-7-22/h3-7,9,13,18,21,24-25,29,35H,8,10-12,14-17,19-20H2,1-2H3/t24-,25+/m1/s1. The summed E-state index contributed by atoms with van der Waals surface area (Å²) in [6, 6.07) is 12.5. The van der Waals surface area contributed by atoms with Crippen LogP contribution in [0, 0.1) is 11.8 Å². The van der Waals surface area contributed by atoms with Gasteiger partial charge in [-0.1, -0.05) is 44.2 Å². The van der Waals surface area contributed by atoms with E-state index in [0.717, 1.165) is 36.8 Å². The van der Waals surface area contributed by atoms with Crippen LogP contribution in [0.3, 0.4) is 0 Å². The zero-order valence-electron chi connectivity index (χ0n) is 21.1. The Kier molecular flexibility index (Phi) is 6.98. The highest BCUT2D eigenvalue weighted by atomic mass is 16.3. The Bertz CT molecular complexity index is 1130. The molecule has 1 amide bonds. The quantitative estimate of drug-likeness (QED) is 0.662. The van der Waals surface area contributed by atoms with E-state index in [1.807, 2.05) is 11.0 Å². The molecule has 2 saturated heterocycles. The second-order valence-electron chi connectivity index (χ2n) is 11.0. The van der Waals surface area contributed by atoms with Gasteiger partial charge in [-0.05, 0) is 43.4 Å². The molecule has 1 aromatic carbocycles. The van der Waals surface area contributed by atoms with Crippen LogP contribution in [0.2, 0.25) is 0 Å². The molecule has 0 bridgehead atoms. The minimum absolute atomic E-state index is 0.00682. The Labute approximate surface area is 208 Å². The van der Waals surface area contributed by atoms with Gasteiger partial charge in [0.15, 0.2) is 0 Å². The summed E-state index contributed by atoms with van der Waals surface area (Å²) in [4.78, 5) is 22.5. The van der Waals surface area contributed by atoms with Gasteiger partial charge in [0.05, 0.1) is 5.60 Å². The molecule has 0 radical (unpaired) electrons. The first-order valence-corrected chi connectivity index (χ1v) is 13.1. The van der Waals surface area contributed by atoms with E-state index in [9.17, 15) is 9.90 Å². The van der Waals surface area contributed by atoms with E-state index < -0.39 is 5.60 Å². The number of hydrogen-bond donors (Lipinski definition) is 2. The van der Waals surface area contributed by atoms with Crippen molar-refractivity contribution in [3.63, 3.8) is 0 Å². The van der Waals surface area contributed by atoms with E-state index in [-0.39, 0.29) is 17.7 Å². The average Bonchev–Trinajstić information content (AvgIpc) is 3.25. The predicted molar refractivity (Wildman–Crippen MR) is 137 cm³/mol. The number of nitrogens with zero attached hydrogens (tertiary/aromatic N) is 4. The first-order chi connectivity index (χ1) is 16.9. The predicted octanol–water partition coefficient (Wildman–Crippen LogP) is 1.52. The van der Waals surface area contributed by atoms with Crippen molar-refractivity contribution in [2.24, 2.45) is 16.8 Å². The van der Waals surface area contributed by atoms with Crippen molar-refractivity contribution in [1.82, 2.24) is 19.7 Å². The first kappa shape index (κ1) is 24.1. The number of benzene rings is 1. The molecule has 4 heterocycles. The van der Waals surface area contributed by atoms with Gasteiger partial charge in [-0.3, -0.25) is 4.79 Å². The van der Waals surface area contributed by atoms with Crippen LogP contribution in [-0.2, 0) is 11.3 Å². The summed E-state index contributed by atoms with van der Waals surface area (Å²) in [5.41, 5.74) is 1.48. The SMILES string of the molecule is CC(C)Cn1ccc2c1=NCN(CC1(O)CCN(C(=O)[C@@H]3CCNC[C@H]3c3ccccc3)CC1)C=2. The van der Waals surface area contributed by atoms with E-state index in [1.165, 1.54) is 5.56 Å². The molecular formula is C28H39N5O2. The van der Waals surface area contributed by atoms with Crippen molar-refractivity contribution in [3.8, 4) is 0 Å². The number of likely N-dealkylation sites (tertiary alicyclic amines) is 1. The summed E-state index contributed by atoms with van der Waals surface area (Å²) in [6.07, 6.45) is 6.31. The van der Waals surface area contributed by atoms with Crippen LogP contribution in [0.5, 0.6) is 0 Å². The number of β-amino-alcohol motifs (C(OH)–C–C–N with tert-alkyl or cyclic N) is 1. The van der Waals surface area contributed by atoms with Crippen molar-refractivity contribution < 1.29 is 9.90 Å². The number of piperidine rings is 2. The number of aliphatic hydroxyl groups is 1. The molecule has 2 fully saturated rings. The molecule has 0 aliphatic carbocycles. The Morgan fingerprint density at radius 3 is 2.71 bits per heavy atom. The van der Waals surface area contributed by atoms with Gasteiger partial charge in [0.1, 0.15) is 12.2 Å². The number of amides is 1.